The Morgan fingerprint density at radius 2 is 2.13 bits per heavy atom. The number of carbonyl (C=O) groups excluding carboxylic acids is 1. The highest BCUT2D eigenvalue weighted by Gasteiger charge is 2.13. The zero-order valence-electron chi connectivity index (χ0n) is 11.8. The minimum atomic E-state index is -0.574. The van der Waals surface area contributed by atoms with Gasteiger partial charge < -0.3 is 15.0 Å². The highest BCUT2D eigenvalue weighted by Crippen LogP contribution is 2.27. The number of rotatable bonds is 7. The first-order valence-electron chi connectivity index (χ1n) is 6.66. The number of hydrogen-bond acceptors (Lipinski definition) is 4. The number of amides is 1. The van der Waals surface area contributed by atoms with E-state index < -0.39 is 10.8 Å². The summed E-state index contributed by atoms with van der Waals surface area (Å²) in [5.74, 6) is 0.0596. The number of nitro groups is 1. The van der Waals surface area contributed by atoms with Gasteiger partial charge in [-0.3, -0.25) is 14.9 Å². The maximum Gasteiger partial charge on any atom is 0.287 e. The lowest BCUT2D eigenvalue weighted by Gasteiger charge is -2.08. The number of ether oxygens (including phenoxy) is 1. The van der Waals surface area contributed by atoms with Gasteiger partial charge in [0.05, 0.1) is 22.7 Å². The quantitative estimate of drug-likeness (QED) is 0.450. The van der Waals surface area contributed by atoms with Crippen molar-refractivity contribution in [2.24, 2.45) is 0 Å². The van der Waals surface area contributed by atoms with Crippen molar-refractivity contribution < 1.29 is 14.5 Å². The van der Waals surface area contributed by atoms with Gasteiger partial charge in [0.2, 0.25) is 0 Å². The Balaban J connectivity index is 1.73. The second-order valence-corrected chi connectivity index (χ2v) is 5.40. The fraction of sp³-hybridized carbons (Fsp3) is 0.214. The molecule has 23 heavy (non-hydrogen) atoms. The predicted octanol–water partition coefficient (Wildman–Crippen LogP) is 3.43. The van der Waals surface area contributed by atoms with Crippen molar-refractivity contribution in [3.8, 4) is 5.75 Å². The van der Waals surface area contributed by atoms with Crippen LogP contribution in [-0.4, -0.2) is 29.0 Å². The fourth-order valence-corrected chi connectivity index (χ4v) is 2.09. The van der Waals surface area contributed by atoms with Crippen LogP contribution < -0.4 is 10.1 Å². The summed E-state index contributed by atoms with van der Waals surface area (Å²) in [4.78, 5) is 24.3. The lowest BCUT2D eigenvalue weighted by atomic mass is 10.3. The molecule has 0 radical (unpaired) electrons. The van der Waals surface area contributed by atoms with E-state index in [1.807, 2.05) is 0 Å². The van der Waals surface area contributed by atoms with E-state index >= 15 is 0 Å². The summed E-state index contributed by atoms with van der Waals surface area (Å²) in [6, 6.07) is 6.09. The van der Waals surface area contributed by atoms with E-state index in [4.69, 9.17) is 27.9 Å². The molecule has 0 unspecified atom stereocenters. The normalized spacial score (nSPS) is 10.3. The highest BCUT2D eigenvalue weighted by atomic mass is 35.5. The number of halogens is 2. The van der Waals surface area contributed by atoms with Crippen LogP contribution in [0.2, 0.25) is 10.0 Å². The van der Waals surface area contributed by atoms with Crippen LogP contribution in [-0.2, 0) is 0 Å². The summed E-state index contributed by atoms with van der Waals surface area (Å²) in [6.45, 7) is 0.690. The minimum Gasteiger partial charge on any atom is -0.492 e. The first kappa shape index (κ1) is 17.1. The lowest BCUT2D eigenvalue weighted by molar-refractivity contribution is -0.384. The van der Waals surface area contributed by atoms with Gasteiger partial charge in [0.25, 0.3) is 11.6 Å². The second kappa shape index (κ2) is 7.85. The summed E-state index contributed by atoms with van der Waals surface area (Å²) in [7, 11) is 0. The number of aromatic amines is 1. The van der Waals surface area contributed by atoms with Crippen LogP contribution in [0.5, 0.6) is 5.75 Å². The molecule has 1 amide bonds. The molecule has 2 N–H and O–H groups in total. The first-order valence-corrected chi connectivity index (χ1v) is 7.42. The van der Waals surface area contributed by atoms with Gasteiger partial charge in [-0.2, -0.15) is 0 Å². The van der Waals surface area contributed by atoms with Gasteiger partial charge in [0.15, 0.2) is 0 Å². The van der Waals surface area contributed by atoms with Crippen molar-refractivity contribution in [2.45, 2.75) is 6.42 Å². The van der Waals surface area contributed by atoms with Crippen molar-refractivity contribution in [2.75, 3.05) is 13.2 Å². The van der Waals surface area contributed by atoms with Crippen molar-refractivity contribution in [3.63, 3.8) is 0 Å². The molecule has 1 heterocycles. The topological polar surface area (TPSA) is 97.3 Å². The van der Waals surface area contributed by atoms with E-state index in [9.17, 15) is 14.9 Å². The minimum absolute atomic E-state index is 0.135. The Kier molecular flexibility index (Phi) is 5.84. The van der Waals surface area contributed by atoms with Crippen molar-refractivity contribution >= 4 is 34.8 Å². The second-order valence-electron chi connectivity index (χ2n) is 4.56. The molecule has 0 fully saturated rings. The molecule has 0 saturated heterocycles. The van der Waals surface area contributed by atoms with Crippen LogP contribution in [0.25, 0.3) is 0 Å². The van der Waals surface area contributed by atoms with Gasteiger partial charge in [0.1, 0.15) is 11.4 Å². The lowest BCUT2D eigenvalue weighted by Crippen LogP contribution is -2.25. The van der Waals surface area contributed by atoms with Crippen molar-refractivity contribution in [1.82, 2.24) is 10.3 Å². The highest BCUT2D eigenvalue weighted by molar-refractivity contribution is 6.34. The average molecular weight is 358 g/mol. The molecule has 0 aliphatic heterocycles. The number of aromatic nitrogens is 1. The molecule has 122 valence electrons. The molecule has 2 aromatic rings. The predicted molar refractivity (Wildman–Crippen MR) is 86.4 cm³/mol. The Morgan fingerprint density at radius 3 is 2.83 bits per heavy atom. The third-order valence-corrected chi connectivity index (χ3v) is 3.43. The van der Waals surface area contributed by atoms with Gasteiger partial charge in [-0.05, 0) is 18.6 Å². The summed E-state index contributed by atoms with van der Waals surface area (Å²) < 4.78 is 5.48. The van der Waals surface area contributed by atoms with Gasteiger partial charge in [-0.25, -0.2) is 0 Å². The van der Waals surface area contributed by atoms with E-state index in [0.717, 1.165) is 0 Å². The molecule has 0 aliphatic rings. The van der Waals surface area contributed by atoms with Crippen LogP contribution in [0, 0.1) is 10.1 Å². The van der Waals surface area contributed by atoms with Crippen LogP contribution in [0.4, 0.5) is 5.69 Å². The number of benzene rings is 1. The maximum absolute atomic E-state index is 11.8. The van der Waals surface area contributed by atoms with E-state index in [2.05, 4.69) is 10.3 Å². The van der Waals surface area contributed by atoms with E-state index in [-0.39, 0.29) is 11.4 Å². The summed E-state index contributed by atoms with van der Waals surface area (Å²) in [6.07, 6.45) is 1.70. The van der Waals surface area contributed by atoms with Gasteiger partial charge in [-0.1, -0.05) is 23.2 Å². The van der Waals surface area contributed by atoms with E-state index in [0.29, 0.717) is 35.4 Å². The maximum atomic E-state index is 11.8. The Bertz CT molecular complexity index is 718. The first-order chi connectivity index (χ1) is 11.0. The zero-order chi connectivity index (χ0) is 16.8. The molecule has 0 atom stereocenters. The number of nitrogens with one attached hydrogen (secondary N) is 2. The molecule has 9 heteroatoms. The number of hydrogen-bond donors (Lipinski definition) is 2. The monoisotopic (exact) mass is 357 g/mol. The molecular formula is C14H13Cl2N3O4. The van der Waals surface area contributed by atoms with Gasteiger partial charge in [-0.15, -0.1) is 0 Å². The standard InChI is InChI=1S/C14H13Cl2N3O4/c15-9-2-3-11(16)13(6-9)23-5-1-4-17-14(20)12-7-10(8-18-12)19(21)22/h2-3,6-8,18H,1,4-5H2,(H,17,20). The van der Waals surface area contributed by atoms with Crippen LogP contribution in [0.15, 0.2) is 30.5 Å². The molecule has 0 aliphatic carbocycles. The van der Waals surface area contributed by atoms with Crippen LogP contribution >= 0.6 is 23.2 Å². The number of carbonyl (C=O) groups is 1. The Hall–Kier alpha value is -2.25. The van der Waals surface area contributed by atoms with Crippen LogP contribution in [0.1, 0.15) is 16.9 Å². The summed E-state index contributed by atoms with van der Waals surface area (Å²) >= 11 is 11.8. The molecular weight excluding hydrogens is 345 g/mol. The van der Waals surface area contributed by atoms with Crippen LogP contribution in [0.3, 0.4) is 0 Å². The smallest absolute Gasteiger partial charge is 0.287 e. The largest absolute Gasteiger partial charge is 0.492 e. The molecule has 0 saturated carbocycles. The van der Waals surface area contributed by atoms with Gasteiger partial charge >= 0.3 is 0 Å². The molecule has 1 aromatic heterocycles. The van der Waals surface area contributed by atoms with E-state index in [1.54, 1.807) is 18.2 Å². The van der Waals surface area contributed by atoms with Crippen molar-refractivity contribution in [3.05, 3.63) is 56.3 Å². The molecule has 1 aromatic carbocycles. The van der Waals surface area contributed by atoms with Gasteiger partial charge in [0, 0.05) is 23.7 Å². The SMILES string of the molecule is O=C(NCCCOc1cc(Cl)ccc1Cl)c1cc([N+](=O)[O-])c[nH]1. The third-order valence-electron chi connectivity index (χ3n) is 2.88. The summed E-state index contributed by atoms with van der Waals surface area (Å²) in [5, 5.41) is 14.1. The Morgan fingerprint density at radius 1 is 1.35 bits per heavy atom. The van der Waals surface area contributed by atoms with Crippen molar-refractivity contribution in [1.29, 1.82) is 0 Å². The summed E-state index contributed by atoms with van der Waals surface area (Å²) in [5.41, 5.74) is -0.0235. The molecule has 7 nitrogen and oxygen atoms in total. The number of nitrogens with zero attached hydrogens (tertiary/aromatic N) is 1. The molecule has 2 rings (SSSR count). The molecule has 0 bridgehead atoms. The fourth-order valence-electron chi connectivity index (χ4n) is 1.76. The average Bonchev–Trinajstić information content (AvgIpc) is 3.00. The number of H-pyrrole nitrogens is 1. The third kappa shape index (κ3) is 4.87. The van der Waals surface area contributed by atoms with E-state index in [1.165, 1.54) is 12.3 Å². The zero-order valence-corrected chi connectivity index (χ0v) is 13.4. The molecule has 0 spiro atoms. The Labute approximate surface area is 141 Å².